The molecule has 0 bridgehead atoms. The zero-order valence-corrected chi connectivity index (χ0v) is 20.5. The number of rotatable bonds is 10. The number of hydrogen-bond donors (Lipinski definition) is 1. The number of carbonyl (C=O) groups excluding carboxylic acids is 2. The molecule has 0 heterocycles. The lowest BCUT2D eigenvalue weighted by atomic mass is 10.1. The van der Waals surface area contributed by atoms with Crippen LogP contribution in [0.3, 0.4) is 0 Å². The molecule has 1 N–H and O–H groups in total. The van der Waals surface area contributed by atoms with Crippen LogP contribution in [0.25, 0.3) is 0 Å². The van der Waals surface area contributed by atoms with E-state index in [0.29, 0.717) is 23.0 Å². The number of carbonyl (C=O) groups is 2. The Labute approximate surface area is 199 Å². The molecule has 2 amide bonds. The number of amides is 2. The lowest BCUT2D eigenvalue weighted by Crippen LogP contribution is -2.52. The third-order valence-electron chi connectivity index (χ3n) is 4.78. The molecule has 32 heavy (non-hydrogen) atoms. The van der Waals surface area contributed by atoms with Gasteiger partial charge in [0.25, 0.3) is 0 Å². The Morgan fingerprint density at radius 1 is 1.03 bits per heavy atom. The quantitative estimate of drug-likeness (QED) is 0.539. The second-order valence-electron chi connectivity index (χ2n) is 7.22. The van der Waals surface area contributed by atoms with E-state index in [1.54, 1.807) is 56.3 Å². The molecule has 0 radical (unpaired) electrons. The van der Waals surface area contributed by atoms with Gasteiger partial charge in [-0.15, -0.1) is 0 Å². The number of anilines is 1. The molecule has 174 valence electrons. The Bertz CT molecular complexity index is 1050. The lowest BCUT2D eigenvalue weighted by molar-refractivity contribution is -0.140. The molecule has 1 atom stereocenters. The molecule has 2 aromatic carbocycles. The van der Waals surface area contributed by atoms with Gasteiger partial charge >= 0.3 is 0 Å². The van der Waals surface area contributed by atoms with Gasteiger partial charge in [-0.25, -0.2) is 8.42 Å². The van der Waals surface area contributed by atoms with Crippen LogP contribution in [0.5, 0.6) is 0 Å². The third kappa shape index (κ3) is 7.12. The van der Waals surface area contributed by atoms with Gasteiger partial charge in [-0.05, 0) is 49.2 Å². The van der Waals surface area contributed by atoms with E-state index in [0.717, 1.165) is 16.1 Å². The number of likely N-dealkylation sites (N-methyl/N-ethyl adjacent to an activating group) is 1. The van der Waals surface area contributed by atoms with Gasteiger partial charge in [-0.1, -0.05) is 48.3 Å². The average molecular weight is 500 g/mol. The van der Waals surface area contributed by atoms with Crippen LogP contribution in [-0.2, 0) is 26.2 Å². The van der Waals surface area contributed by atoms with Crippen molar-refractivity contribution in [2.75, 3.05) is 23.7 Å². The Kier molecular flexibility index (Phi) is 9.36. The van der Waals surface area contributed by atoms with Crippen LogP contribution in [0.2, 0.25) is 10.0 Å². The molecule has 10 heteroatoms. The fraction of sp³-hybridized carbons (Fsp3) is 0.364. The predicted octanol–water partition coefficient (Wildman–Crippen LogP) is 3.70. The van der Waals surface area contributed by atoms with Crippen LogP contribution < -0.4 is 9.62 Å². The SMILES string of the molecule is CCNC(=O)[C@H](CC)N(Cc1ccc(Cl)cc1)C(=O)CN(c1cccc(Cl)c1)S(C)(=O)=O. The van der Waals surface area contributed by atoms with Crippen molar-refractivity contribution >= 4 is 50.7 Å². The second kappa shape index (κ2) is 11.5. The molecule has 2 rings (SSSR count). The molecule has 0 aliphatic heterocycles. The summed E-state index contributed by atoms with van der Waals surface area (Å²) in [5, 5.41) is 3.64. The minimum atomic E-state index is -3.80. The third-order valence-corrected chi connectivity index (χ3v) is 6.41. The van der Waals surface area contributed by atoms with Crippen molar-refractivity contribution in [1.82, 2.24) is 10.2 Å². The van der Waals surface area contributed by atoms with Crippen molar-refractivity contribution in [3.05, 3.63) is 64.1 Å². The Hall–Kier alpha value is -2.29. The van der Waals surface area contributed by atoms with E-state index < -0.39 is 28.5 Å². The first kappa shape index (κ1) is 26.0. The minimum absolute atomic E-state index is 0.124. The highest BCUT2D eigenvalue weighted by molar-refractivity contribution is 7.92. The van der Waals surface area contributed by atoms with Crippen LogP contribution in [0.4, 0.5) is 5.69 Å². The summed E-state index contributed by atoms with van der Waals surface area (Å²) in [6, 6.07) is 12.4. The van der Waals surface area contributed by atoms with Crippen molar-refractivity contribution in [1.29, 1.82) is 0 Å². The largest absolute Gasteiger partial charge is 0.355 e. The maximum Gasteiger partial charge on any atom is 0.244 e. The van der Waals surface area contributed by atoms with Gasteiger partial charge in [0.15, 0.2) is 0 Å². The molecule has 0 unspecified atom stereocenters. The van der Waals surface area contributed by atoms with E-state index >= 15 is 0 Å². The van der Waals surface area contributed by atoms with Crippen molar-refractivity contribution < 1.29 is 18.0 Å². The topological polar surface area (TPSA) is 86.8 Å². The first-order chi connectivity index (χ1) is 15.1. The van der Waals surface area contributed by atoms with Crippen LogP contribution in [0.1, 0.15) is 25.8 Å². The normalized spacial score (nSPS) is 12.2. The number of halogens is 2. The van der Waals surface area contributed by atoms with Gasteiger partial charge in [0, 0.05) is 23.1 Å². The van der Waals surface area contributed by atoms with Gasteiger partial charge in [0.1, 0.15) is 12.6 Å². The summed E-state index contributed by atoms with van der Waals surface area (Å²) in [4.78, 5) is 27.5. The van der Waals surface area contributed by atoms with Gasteiger partial charge in [0.2, 0.25) is 21.8 Å². The van der Waals surface area contributed by atoms with Crippen LogP contribution in [-0.4, -0.2) is 50.5 Å². The van der Waals surface area contributed by atoms with Gasteiger partial charge in [-0.2, -0.15) is 0 Å². The highest BCUT2D eigenvalue weighted by atomic mass is 35.5. The molecule has 2 aromatic rings. The molecule has 0 aliphatic carbocycles. The minimum Gasteiger partial charge on any atom is -0.355 e. The number of nitrogens with zero attached hydrogens (tertiary/aromatic N) is 2. The van der Waals surface area contributed by atoms with E-state index in [2.05, 4.69) is 5.32 Å². The van der Waals surface area contributed by atoms with Gasteiger partial charge < -0.3 is 10.2 Å². The summed E-state index contributed by atoms with van der Waals surface area (Å²) in [6.45, 7) is 3.66. The lowest BCUT2D eigenvalue weighted by Gasteiger charge is -2.32. The molecule has 0 spiro atoms. The summed E-state index contributed by atoms with van der Waals surface area (Å²) in [7, 11) is -3.80. The molecule has 0 saturated carbocycles. The van der Waals surface area contributed by atoms with Crippen LogP contribution in [0.15, 0.2) is 48.5 Å². The second-order valence-corrected chi connectivity index (χ2v) is 10.00. The van der Waals surface area contributed by atoms with E-state index in [1.807, 2.05) is 0 Å². The zero-order chi connectivity index (χ0) is 23.9. The zero-order valence-electron chi connectivity index (χ0n) is 18.2. The van der Waals surface area contributed by atoms with E-state index in [1.165, 1.54) is 11.0 Å². The Morgan fingerprint density at radius 2 is 1.69 bits per heavy atom. The maximum atomic E-state index is 13.4. The smallest absolute Gasteiger partial charge is 0.244 e. The van der Waals surface area contributed by atoms with Crippen molar-refractivity contribution in [2.45, 2.75) is 32.9 Å². The van der Waals surface area contributed by atoms with Crippen LogP contribution >= 0.6 is 23.2 Å². The fourth-order valence-electron chi connectivity index (χ4n) is 3.24. The Balaban J connectivity index is 2.42. The van der Waals surface area contributed by atoms with Gasteiger partial charge in [-0.3, -0.25) is 13.9 Å². The monoisotopic (exact) mass is 499 g/mol. The van der Waals surface area contributed by atoms with E-state index in [-0.39, 0.29) is 18.1 Å². The Morgan fingerprint density at radius 3 is 2.22 bits per heavy atom. The van der Waals surface area contributed by atoms with E-state index in [4.69, 9.17) is 23.2 Å². The molecule has 7 nitrogen and oxygen atoms in total. The summed E-state index contributed by atoms with van der Waals surface area (Å²) in [5.74, 6) is -0.811. The molecule has 0 aromatic heterocycles. The highest BCUT2D eigenvalue weighted by Crippen LogP contribution is 2.23. The predicted molar refractivity (Wildman–Crippen MR) is 128 cm³/mol. The number of sulfonamides is 1. The molecule has 0 aliphatic rings. The first-order valence-electron chi connectivity index (χ1n) is 10.1. The number of benzene rings is 2. The summed E-state index contributed by atoms with van der Waals surface area (Å²) in [6.07, 6.45) is 1.38. The molecular weight excluding hydrogens is 473 g/mol. The standard InChI is InChI=1S/C22H27Cl2N3O4S/c1-4-20(22(29)25-5-2)26(14-16-9-11-17(23)12-10-16)21(28)15-27(32(3,30)31)19-8-6-7-18(24)13-19/h6-13,20H,4-5,14-15H2,1-3H3,(H,25,29)/t20-/m0/s1. The molecule has 0 fully saturated rings. The van der Waals surface area contributed by atoms with Gasteiger partial charge in [0.05, 0.1) is 11.9 Å². The van der Waals surface area contributed by atoms with Crippen molar-refractivity contribution in [2.24, 2.45) is 0 Å². The first-order valence-corrected chi connectivity index (χ1v) is 12.7. The molecular formula is C22H27Cl2N3O4S. The van der Waals surface area contributed by atoms with Crippen molar-refractivity contribution in [3.63, 3.8) is 0 Å². The number of nitrogens with one attached hydrogen (secondary N) is 1. The summed E-state index contributed by atoms with van der Waals surface area (Å²) >= 11 is 12.0. The van der Waals surface area contributed by atoms with Crippen molar-refractivity contribution in [3.8, 4) is 0 Å². The van der Waals surface area contributed by atoms with Crippen LogP contribution in [0, 0.1) is 0 Å². The molecule has 0 saturated heterocycles. The maximum absolute atomic E-state index is 13.4. The highest BCUT2D eigenvalue weighted by Gasteiger charge is 2.31. The number of hydrogen-bond acceptors (Lipinski definition) is 4. The average Bonchev–Trinajstić information content (AvgIpc) is 2.72. The fourth-order valence-corrected chi connectivity index (χ4v) is 4.39. The summed E-state index contributed by atoms with van der Waals surface area (Å²) in [5.41, 5.74) is 1.03. The summed E-state index contributed by atoms with van der Waals surface area (Å²) < 4.78 is 26.0. The van der Waals surface area contributed by atoms with E-state index in [9.17, 15) is 18.0 Å².